The average Bonchev–Trinajstić information content (AvgIpc) is 3.40. The van der Waals surface area contributed by atoms with Gasteiger partial charge in [-0.25, -0.2) is 10.2 Å². The number of hydrazone groups is 1. The maximum Gasteiger partial charge on any atom is 0.353 e. The van der Waals surface area contributed by atoms with Crippen LogP contribution in [0.3, 0.4) is 0 Å². The molecule has 1 amide bonds. The molecule has 0 saturated heterocycles. The number of amides is 1. The van der Waals surface area contributed by atoms with E-state index >= 15 is 0 Å². The van der Waals surface area contributed by atoms with Crippen LogP contribution in [0.25, 0.3) is 10.8 Å². The summed E-state index contributed by atoms with van der Waals surface area (Å²) in [6, 6.07) is 22.1. The van der Waals surface area contributed by atoms with Crippen molar-refractivity contribution in [2.45, 2.75) is 19.4 Å². The number of halogens is 1. The Morgan fingerprint density at radius 3 is 2.59 bits per heavy atom. The fourth-order valence-electron chi connectivity index (χ4n) is 3.20. The third-order valence-corrected chi connectivity index (χ3v) is 6.63. The maximum atomic E-state index is 12.6. The van der Waals surface area contributed by atoms with E-state index in [-0.39, 0.29) is 5.91 Å². The first-order valence-corrected chi connectivity index (χ1v) is 12.2. The van der Waals surface area contributed by atoms with Gasteiger partial charge in [0.25, 0.3) is 5.91 Å². The van der Waals surface area contributed by atoms with Gasteiger partial charge in [0, 0.05) is 0 Å². The van der Waals surface area contributed by atoms with Crippen molar-refractivity contribution in [1.29, 1.82) is 0 Å². The topological polar surface area (TPSA) is 77.0 Å². The Morgan fingerprint density at radius 2 is 1.85 bits per heavy atom. The molecule has 1 N–H and O–H groups in total. The van der Waals surface area contributed by atoms with Crippen LogP contribution >= 0.6 is 27.3 Å². The van der Waals surface area contributed by atoms with Crippen LogP contribution in [0, 0.1) is 0 Å². The number of nitrogens with zero attached hydrogens (tertiary/aromatic N) is 1. The Labute approximate surface area is 209 Å². The van der Waals surface area contributed by atoms with Crippen LogP contribution in [0.1, 0.15) is 28.6 Å². The third kappa shape index (κ3) is 5.70. The zero-order chi connectivity index (χ0) is 23.9. The molecule has 172 valence electrons. The molecule has 4 rings (SSSR count). The van der Waals surface area contributed by atoms with Gasteiger partial charge < -0.3 is 9.47 Å². The number of benzene rings is 3. The summed E-state index contributed by atoms with van der Waals surface area (Å²) in [6.45, 7) is 1.87. The zero-order valence-corrected chi connectivity index (χ0v) is 20.6. The second-order valence-corrected chi connectivity index (χ2v) is 9.02. The molecule has 0 fully saturated rings. The lowest BCUT2D eigenvalue weighted by atomic mass is 10.1. The predicted molar refractivity (Wildman–Crippen MR) is 138 cm³/mol. The maximum absolute atomic E-state index is 12.6. The number of nitrogens with one attached hydrogen (secondary N) is 1. The third-order valence-electron chi connectivity index (χ3n) is 4.96. The van der Waals surface area contributed by atoms with Crippen LogP contribution in [0.15, 0.2) is 87.8 Å². The highest BCUT2D eigenvalue weighted by Gasteiger charge is 2.19. The van der Waals surface area contributed by atoms with Crippen molar-refractivity contribution < 1.29 is 19.1 Å². The highest BCUT2D eigenvalue weighted by atomic mass is 79.9. The van der Waals surface area contributed by atoms with Crippen molar-refractivity contribution in [3.8, 4) is 11.5 Å². The van der Waals surface area contributed by atoms with Gasteiger partial charge >= 0.3 is 5.97 Å². The van der Waals surface area contributed by atoms with E-state index in [1.807, 2.05) is 48.7 Å². The van der Waals surface area contributed by atoms with Crippen LogP contribution in [-0.2, 0) is 4.79 Å². The first-order chi connectivity index (χ1) is 16.5. The van der Waals surface area contributed by atoms with E-state index in [0.717, 1.165) is 20.8 Å². The molecular formula is C26H21BrN2O4S. The van der Waals surface area contributed by atoms with Gasteiger partial charge in [0.05, 0.1) is 10.7 Å². The molecule has 1 atom stereocenters. The summed E-state index contributed by atoms with van der Waals surface area (Å²) < 4.78 is 12.1. The molecule has 0 aliphatic heterocycles. The molecule has 0 unspecified atom stereocenters. The number of esters is 1. The normalized spacial score (nSPS) is 11.9. The molecule has 0 saturated carbocycles. The van der Waals surface area contributed by atoms with Gasteiger partial charge in [-0.2, -0.15) is 5.10 Å². The van der Waals surface area contributed by atoms with Gasteiger partial charge in [-0.05, 0) is 80.5 Å². The molecule has 0 bridgehead atoms. The quantitative estimate of drug-likeness (QED) is 0.126. The number of ether oxygens (including phenoxy) is 2. The minimum Gasteiger partial charge on any atom is -0.479 e. The van der Waals surface area contributed by atoms with Crippen LogP contribution in [0.2, 0.25) is 0 Å². The van der Waals surface area contributed by atoms with Gasteiger partial charge in [-0.15, -0.1) is 11.3 Å². The molecule has 4 aromatic rings. The minimum absolute atomic E-state index is 0.347. The van der Waals surface area contributed by atoms with Gasteiger partial charge in [0.2, 0.25) is 0 Å². The molecule has 1 aromatic heterocycles. The first kappa shape index (κ1) is 23.7. The predicted octanol–water partition coefficient (Wildman–Crippen LogP) is 6.19. The number of hydrogen-bond donors (Lipinski definition) is 1. The van der Waals surface area contributed by atoms with Crippen LogP contribution in [0.5, 0.6) is 11.5 Å². The monoisotopic (exact) mass is 536 g/mol. The van der Waals surface area contributed by atoms with Crippen molar-refractivity contribution >= 4 is 56.1 Å². The molecular weight excluding hydrogens is 516 g/mol. The molecule has 0 aliphatic carbocycles. The largest absolute Gasteiger partial charge is 0.479 e. The van der Waals surface area contributed by atoms with E-state index < -0.39 is 12.1 Å². The summed E-state index contributed by atoms with van der Waals surface area (Å²) in [6.07, 6.45) is 1.29. The number of carbonyl (C=O) groups is 2. The van der Waals surface area contributed by atoms with Crippen molar-refractivity contribution in [2.24, 2.45) is 5.10 Å². The second kappa shape index (κ2) is 11.1. The molecule has 0 spiro atoms. The van der Waals surface area contributed by atoms with Crippen LogP contribution in [0.4, 0.5) is 0 Å². The van der Waals surface area contributed by atoms with E-state index in [2.05, 4.69) is 26.5 Å². The average molecular weight is 537 g/mol. The fourth-order valence-corrected chi connectivity index (χ4v) is 4.38. The molecule has 34 heavy (non-hydrogen) atoms. The SMILES string of the molecule is CC[C@H](Oc1ccc2ccccc2c1Br)C(=O)N/N=C\c1ccc(OC(=O)c2cccs2)cc1. The highest BCUT2D eigenvalue weighted by Crippen LogP contribution is 2.33. The van der Waals surface area contributed by atoms with Crippen molar-refractivity contribution in [3.63, 3.8) is 0 Å². The lowest BCUT2D eigenvalue weighted by Gasteiger charge is -2.17. The van der Waals surface area contributed by atoms with Gasteiger partial charge in [-0.3, -0.25) is 4.79 Å². The van der Waals surface area contributed by atoms with Gasteiger partial charge in [0.1, 0.15) is 16.4 Å². The highest BCUT2D eigenvalue weighted by molar-refractivity contribution is 9.10. The Kier molecular flexibility index (Phi) is 7.72. The molecule has 3 aromatic carbocycles. The van der Waals surface area contributed by atoms with Crippen LogP contribution < -0.4 is 14.9 Å². The van der Waals surface area contributed by atoms with E-state index in [1.54, 1.807) is 36.4 Å². The van der Waals surface area contributed by atoms with Crippen molar-refractivity contribution in [2.75, 3.05) is 0 Å². The summed E-state index contributed by atoms with van der Waals surface area (Å²) in [5.41, 5.74) is 3.27. The van der Waals surface area contributed by atoms with Gasteiger partial charge in [-0.1, -0.05) is 43.3 Å². The Balaban J connectivity index is 1.34. The Hall–Kier alpha value is -3.49. The molecule has 6 nitrogen and oxygen atoms in total. The lowest BCUT2D eigenvalue weighted by molar-refractivity contribution is -0.128. The summed E-state index contributed by atoms with van der Waals surface area (Å²) >= 11 is 4.91. The molecule has 0 aliphatic rings. The van der Waals surface area contributed by atoms with E-state index in [4.69, 9.17) is 9.47 Å². The summed E-state index contributed by atoms with van der Waals surface area (Å²) in [7, 11) is 0. The number of thiophene rings is 1. The van der Waals surface area contributed by atoms with E-state index in [0.29, 0.717) is 22.8 Å². The van der Waals surface area contributed by atoms with Gasteiger partial charge in [0.15, 0.2) is 6.10 Å². The summed E-state index contributed by atoms with van der Waals surface area (Å²) in [5, 5.41) is 7.94. The minimum atomic E-state index is -0.700. The number of rotatable bonds is 8. The van der Waals surface area contributed by atoms with Crippen molar-refractivity contribution in [3.05, 3.63) is 93.1 Å². The smallest absolute Gasteiger partial charge is 0.353 e. The first-order valence-electron chi connectivity index (χ1n) is 10.6. The Bertz CT molecular complexity index is 1320. The summed E-state index contributed by atoms with van der Waals surface area (Å²) in [4.78, 5) is 25.2. The lowest BCUT2D eigenvalue weighted by Crippen LogP contribution is -2.35. The van der Waals surface area contributed by atoms with Crippen LogP contribution in [-0.4, -0.2) is 24.2 Å². The van der Waals surface area contributed by atoms with Crippen molar-refractivity contribution in [1.82, 2.24) is 5.43 Å². The standard InChI is InChI=1S/C26H21BrN2O4S/c1-2-21(33-22-14-11-18-6-3-4-7-20(18)24(22)27)25(30)29-28-16-17-9-12-19(13-10-17)32-26(31)23-8-5-15-34-23/h3-16,21H,2H2,1H3,(H,29,30)/b28-16-/t21-/m0/s1. The fraction of sp³-hybridized carbons (Fsp3) is 0.115. The molecule has 0 radical (unpaired) electrons. The van der Waals surface area contributed by atoms with E-state index in [9.17, 15) is 9.59 Å². The molecule has 1 heterocycles. The molecule has 8 heteroatoms. The number of fused-ring (bicyclic) bond motifs is 1. The summed E-state index contributed by atoms with van der Waals surface area (Å²) in [5.74, 6) is 0.282. The Morgan fingerprint density at radius 1 is 1.06 bits per heavy atom. The second-order valence-electron chi connectivity index (χ2n) is 7.28. The number of hydrogen-bond acceptors (Lipinski definition) is 6. The number of carbonyl (C=O) groups excluding carboxylic acids is 2. The van der Waals surface area contributed by atoms with E-state index in [1.165, 1.54) is 17.6 Å². The zero-order valence-electron chi connectivity index (χ0n) is 18.2.